The van der Waals surface area contributed by atoms with Crippen LogP contribution in [-0.4, -0.2) is 22.0 Å². The summed E-state index contributed by atoms with van der Waals surface area (Å²) in [7, 11) is 0. The number of aromatic hydroxyl groups is 2. The number of carbonyl (C=O) groups is 2. The van der Waals surface area contributed by atoms with Crippen LogP contribution in [-0.2, 0) is 9.59 Å². The number of nitrogens with zero attached hydrogens (tertiary/aromatic N) is 1. The number of amides is 2. The van der Waals surface area contributed by atoms with Gasteiger partial charge in [0.2, 0.25) is 0 Å². The molecule has 0 radical (unpaired) electrons. The van der Waals surface area contributed by atoms with Crippen molar-refractivity contribution in [3.8, 4) is 11.5 Å². The first kappa shape index (κ1) is 15.6. The molecule has 0 unspecified atom stereocenters. The predicted molar refractivity (Wildman–Crippen MR) is 89.3 cm³/mol. The fourth-order valence-electron chi connectivity index (χ4n) is 2.40. The molecule has 0 atom stereocenters. The molecule has 1 aliphatic rings. The van der Waals surface area contributed by atoms with Crippen LogP contribution in [0.5, 0.6) is 11.5 Å². The van der Waals surface area contributed by atoms with Crippen LogP contribution in [0.4, 0.5) is 5.69 Å². The average Bonchev–Trinajstić information content (AvgIpc) is 2.82. The van der Waals surface area contributed by atoms with Crippen molar-refractivity contribution in [2.24, 2.45) is 0 Å². The highest BCUT2D eigenvalue weighted by molar-refractivity contribution is 6.31. The first-order valence-electron chi connectivity index (χ1n) is 7.33. The lowest BCUT2D eigenvalue weighted by molar-refractivity contribution is -0.117. The highest BCUT2D eigenvalue weighted by Crippen LogP contribution is 2.28. The van der Waals surface area contributed by atoms with Crippen LogP contribution in [0.25, 0.3) is 6.08 Å². The molecule has 0 saturated carbocycles. The van der Waals surface area contributed by atoms with Crippen molar-refractivity contribution in [2.45, 2.75) is 13.8 Å². The second kappa shape index (κ2) is 5.73. The van der Waals surface area contributed by atoms with Gasteiger partial charge in [-0.3, -0.25) is 15.0 Å². The van der Waals surface area contributed by atoms with Crippen molar-refractivity contribution in [3.05, 3.63) is 58.7 Å². The molecule has 24 heavy (non-hydrogen) atoms. The van der Waals surface area contributed by atoms with Gasteiger partial charge in [0.25, 0.3) is 11.8 Å². The van der Waals surface area contributed by atoms with E-state index in [0.29, 0.717) is 11.3 Å². The highest BCUT2D eigenvalue weighted by atomic mass is 16.3. The smallest absolute Gasteiger partial charge is 0.282 e. The van der Waals surface area contributed by atoms with E-state index in [4.69, 9.17) is 0 Å². The Balaban J connectivity index is 1.95. The van der Waals surface area contributed by atoms with E-state index >= 15 is 0 Å². The van der Waals surface area contributed by atoms with Crippen LogP contribution in [0, 0.1) is 13.8 Å². The van der Waals surface area contributed by atoms with Crippen LogP contribution >= 0.6 is 0 Å². The summed E-state index contributed by atoms with van der Waals surface area (Å²) in [6.07, 6.45) is 1.37. The van der Waals surface area contributed by atoms with E-state index in [2.05, 4.69) is 5.43 Å². The van der Waals surface area contributed by atoms with Gasteiger partial charge in [-0.1, -0.05) is 12.1 Å². The monoisotopic (exact) mass is 324 g/mol. The molecule has 0 bridgehead atoms. The van der Waals surface area contributed by atoms with E-state index in [1.54, 1.807) is 6.07 Å². The molecule has 3 N–H and O–H groups in total. The molecular weight excluding hydrogens is 308 g/mol. The first-order chi connectivity index (χ1) is 11.4. The number of carbonyl (C=O) groups excluding carboxylic acids is 2. The van der Waals surface area contributed by atoms with Gasteiger partial charge in [0.05, 0.1) is 5.69 Å². The van der Waals surface area contributed by atoms with Crippen molar-refractivity contribution in [1.29, 1.82) is 0 Å². The second-order valence-corrected chi connectivity index (χ2v) is 5.66. The van der Waals surface area contributed by atoms with Crippen molar-refractivity contribution in [2.75, 3.05) is 5.01 Å². The van der Waals surface area contributed by atoms with Gasteiger partial charge in [0.15, 0.2) is 11.5 Å². The average molecular weight is 324 g/mol. The van der Waals surface area contributed by atoms with Crippen LogP contribution in [0.1, 0.15) is 16.7 Å². The van der Waals surface area contributed by atoms with Gasteiger partial charge < -0.3 is 10.2 Å². The van der Waals surface area contributed by atoms with E-state index in [0.717, 1.165) is 11.1 Å². The summed E-state index contributed by atoms with van der Waals surface area (Å²) in [5.41, 5.74) is 5.60. The molecule has 1 heterocycles. The third-order valence-corrected chi connectivity index (χ3v) is 3.95. The van der Waals surface area contributed by atoms with Gasteiger partial charge in [0.1, 0.15) is 5.57 Å². The quantitative estimate of drug-likeness (QED) is 0.449. The largest absolute Gasteiger partial charge is 0.504 e. The number of anilines is 1. The molecule has 2 aromatic carbocycles. The van der Waals surface area contributed by atoms with E-state index in [1.807, 2.05) is 26.0 Å². The summed E-state index contributed by atoms with van der Waals surface area (Å²) in [6, 6.07) is 9.53. The second-order valence-electron chi connectivity index (χ2n) is 5.66. The molecule has 6 heteroatoms. The molecule has 6 nitrogen and oxygen atoms in total. The minimum Gasteiger partial charge on any atom is -0.504 e. The molecule has 1 fully saturated rings. The van der Waals surface area contributed by atoms with E-state index in [-0.39, 0.29) is 17.1 Å². The number of hydrogen-bond donors (Lipinski definition) is 3. The predicted octanol–water partition coefficient (Wildman–Crippen LogP) is 2.18. The summed E-state index contributed by atoms with van der Waals surface area (Å²) in [4.78, 5) is 24.7. The van der Waals surface area contributed by atoms with Crippen molar-refractivity contribution in [1.82, 2.24) is 5.43 Å². The Bertz CT molecular complexity index is 887. The Morgan fingerprint density at radius 3 is 2.38 bits per heavy atom. The van der Waals surface area contributed by atoms with Crippen LogP contribution < -0.4 is 10.4 Å². The first-order valence-corrected chi connectivity index (χ1v) is 7.33. The number of hydrazine groups is 1. The van der Waals surface area contributed by atoms with E-state index in [9.17, 15) is 19.8 Å². The minimum atomic E-state index is -0.522. The molecule has 2 amide bonds. The maximum Gasteiger partial charge on any atom is 0.282 e. The van der Waals surface area contributed by atoms with Crippen LogP contribution in [0.15, 0.2) is 42.0 Å². The Kier molecular flexibility index (Phi) is 3.73. The summed E-state index contributed by atoms with van der Waals surface area (Å²) < 4.78 is 0. The highest BCUT2D eigenvalue weighted by Gasteiger charge is 2.34. The standard InChI is InChI=1S/C18H16N2O4/c1-10-3-5-13(7-11(10)2)20-18(24)14(17(23)19-20)8-12-4-6-15(21)16(22)9-12/h3-9,21-22H,1-2H3,(H,19,23)/b14-8+. The zero-order valence-corrected chi connectivity index (χ0v) is 13.2. The zero-order valence-electron chi connectivity index (χ0n) is 13.2. The molecule has 0 spiro atoms. The number of aryl methyl sites for hydroxylation is 2. The Labute approximate surface area is 138 Å². The van der Waals surface area contributed by atoms with Gasteiger partial charge in [-0.15, -0.1) is 0 Å². The number of rotatable bonds is 2. The molecule has 1 aliphatic heterocycles. The third-order valence-electron chi connectivity index (χ3n) is 3.95. The molecule has 0 aromatic heterocycles. The minimum absolute atomic E-state index is 0.0432. The Hall–Kier alpha value is -3.28. The van der Waals surface area contributed by atoms with Gasteiger partial charge in [-0.2, -0.15) is 0 Å². The van der Waals surface area contributed by atoms with Crippen molar-refractivity contribution < 1.29 is 19.8 Å². The Morgan fingerprint density at radius 1 is 0.958 bits per heavy atom. The molecule has 1 saturated heterocycles. The molecule has 2 aromatic rings. The zero-order chi connectivity index (χ0) is 17.4. The summed E-state index contributed by atoms with van der Waals surface area (Å²) in [6.45, 7) is 3.89. The van der Waals surface area contributed by atoms with Crippen LogP contribution in [0.2, 0.25) is 0 Å². The summed E-state index contributed by atoms with van der Waals surface area (Å²) in [5.74, 6) is -1.58. The number of phenolic OH excluding ortho intramolecular Hbond substituents is 2. The van der Waals surface area contributed by atoms with Crippen molar-refractivity contribution in [3.63, 3.8) is 0 Å². The summed E-state index contributed by atoms with van der Waals surface area (Å²) >= 11 is 0. The topological polar surface area (TPSA) is 89.9 Å². The van der Waals surface area contributed by atoms with Crippen molar-refractivity contribution >= 4 is 23.6 Å². The number of benzene rings is 2. The van der Waals surface area contributed by atoms with Gasteiger partial charge >= 0.3 is 0 Å². The lowest BCUT2D eigenvalue weighted by atomic mass is 10.1. The van der Waals surface area contributed by atoms with Gasteiger partial charge in [-0.05, 0) is 60.9 Å². The number of phenols is 2. The molecule has 0 aliphatic carbocycles. The number of hydrogen-bond acceptors (Lipinski definition) is 4. The fourth-order valence-corrected chi connectivity index (χ4v) is 2.40. The maximum absolute atomic E-state index is 12.5. The summed E-state index contributed by atoms with van der Waals surface area (Å²) in [5, 5.41) is 20.0. The lowest BCUT2D eigenvalue weighted by Gasteiger charge is -2.15. The maximum atomic E-state index is 12.5. The lowest BCUT2D eigenvalue weighted by Crippen LogP contribution is -2.35. The van der Waals surface area contributed by atoms with E-state index < -0.39 is 11.8 Å². The van der Waals surface area contributed by atoms with Gasteiger partial charge in [0, 0.05) is 0 Å². The number of nitrogens with one attached hydrogen (secondary N) is 1. The van der Waals surface area contributed by atoms with Crippen LogP contribution in [0.3, 0.4) is 0 Å². The Morgan fingerprint density at radius 2 is 1.71 bits per heavy atom. The van der Waals surface area contributed by atoms with E-state index in [1.165, 1.54) is 29.3 Å². The normalized spacial score (nSPS) is 15.9. The molecular formula is C18H16N2O4. The van der Waals surface area contributed by atoms with Gasteiger partial charge in [-0.25, -0.2) is 5.01 Å². The molecule has 122 valence electrons. The third kappa shape index (κ3) is 2.69. The fraction of sp³-hybridized carbons (Fsp3) is 0.111. The molecule has 3 rings (SSSR count). The SMILES string of the molecule is Cc1ccc(N2NC(=O)/C(=C\c3ccc(O)c(O)c3)C2=O)cc1C.